The van der Waals surface area contributed by atoms with Crippen molar-refractivity contribution < 1.29 is 19.5 Å². The molecule has 0 bridgehead atoms. The average molecular weight is 281 g/mol. The Labute approximate surface area is 119 Å². The number of Topliss-reactive ketones (excluding diaryl/α,β-unsaturated/α-hetero) is 1. The van der Waals surface area contributed by atoms with Crippen molar-refractivity contribution in [1.82, 2.24) is 5.32 Å². The number of nitrogens with one attached hydrogen (secondary N) is 1. The molecule has 1 heterocycles. The van der Waals surface area contributed by atoms with Crippen LogP contribution in [0.1, 0.15) is 52.4 Å². The maximum absolute atomic E-state index is 12.3. The average Bonchev–Trinajstić information content (AvgIpc) is 2.39. The maximum atomic E-state index is 12.3. The van der Waals surface area contributed by atoms with Crippen LogP contribution in [0.15, 0.2) is 0 Å². The number of aliphatic hydroxyl groups is 1. The van der Waals surface area contributed by atoms with E-state index in [4.69, 9.17) is 0 Å². The second kappa shape index (κ2) is 5.64. The molecule has 1 saturated heterocycles. The fourth-order valence-electron chi connectivity index (χ4n) is 3.42. The van der Waals surface area contributed by atoms with Gasteiger partial charge in [0.15, 0.2) is 0 Å². The molecule has 0 spiro atoms. The summed E-state index contributed by atoms with van der Waals surface area (Å²) in [5, 5.41) is 12.8. The molecule has 0 aromatic heterocycles. The van der Waals surface area contributed by atoms with E-state index in [1.807, 2.05) is 13.8 Å². The summed E-state index contributed by atoms with van der Waals surface area (Å²) < 4.78 is 0. The van der Waals surface area contributed by atoms with Gasteiger partial charge >= 0.3 is 0 Å². The van der Waals surface area contributed by atoms with Crippen molar-refractivity contribution in [2.24, 2.45) is 17.3 Å². The third-order valence-corrected chi connectivity index (χ3v) is 4.94. The van der Waals surface area contributed by atoms with E-state index in [9.17, 15) is 19.5 Å². The van der Waals surface area contributed by atoms with Crippen LogP contribution in [-0.4, -0.2) is 28.8 Å². The summed E-state index contributed by atoms with van der Waals surface area (Å²) >= 11 is 0. The first-order valence-corrected chi connectivity index (χ1v) is 7.40. The molecular formula is C15H23NO4. The van der Waals surface area contributed by atoms with Gasteiger partial charge in [0.2, 0.25) is 11.8 Å². The summed E-state index contributed by atoms with van der Waals surface area (Å²) in [6, 6.07) is 0. The van der Waals surface area contributed by atoms with Gasteiger partial charge in [0.05, 0.1) is 11.5 Å². The van der Waals surface area contributed by atoms with Gasteiger partial charge in [0.1, 0.15) is 5.78 Å². The molecule has 1 saturated carbocycles. The molecule has 1 aliphatic heterocycles. The number of hydrogen-bond acceptors (Lipinski definition) is 4. The lowest BCUT2D eigenvalue weighted by Crippen LogP contribution is -2.48. The van der Waals surface area contributed by atoms with E-state index in [0.717, 1.165) is 12.8 Å². The number of aliphatic hydroxyl groups excluding tert-OH is 1. The minimum atomic E-state index is -0.818. The van der Waals surface area contributed by atoms with Gasteiger partial charge in [-0.1, -0.05) is 20.3 Å². The number of rotatable bonds is 3. The lowest BCUT2D eigenvalue weighted by molar-refractivity contribution is -0.146. The molecule has 5 nitrogen and oxygen atoms in total. The number of amides is 2. The van der Waals surface area contributed by atoms with Gasteiger partial charge in [0, 0.05) is 18.3 Å². The molecule has 5 heteroatoms. The molecule has 2 aliphatic rings. The van der Waals surface area contributed by atoms with E-state index in [1.54, 1.807) is 0 Å². The zero-order valence-corrected chi connectivity index (χ0v) is 12.1. The third-order valence-electron chi connectivity index (χ3n) is 4.94. The highest BCUT2D eigenvalue weighted by atomic mass is 16.3. The molecule has 0 aromatic carbocycles. The van der Waals surface area contributed by atoms with Crippen LogP contribution in [0.2, 0.25) is 0 Å². The van der Waals surface area contributed by atoms with Gasteiger partial charge in [0.25, 0.3) is 0 Å². The van der Waals surface area contributed by atoms with Crippen LogP contribution in [0, 0.1) is 17.3 Å². The van der Waals surface area contributed by atoms with E-state index in [1.165, 1.54) is 0 Å². The van der Waals surface area contributed by atoms with Crippen molar-refractivity contribution in [3.63, 3.8) is 0 Å². The molecular weight excluding hydrogens is 258 g/mol. The minimum absolute atomic E-state index is 0.0230. The normalized spacial score (nSPS) is 36.6. The van der Waals surface area contributed by atoms with Crippen molar-refractivity contribution in [2.75, 3.05) is 0 Å². The first-order chi connectivity index (χ1) is 9.34. The molecule has 0 radical (unpaired) electrons. The molecule has 2 N–H and O–H groups in total. The predicted octanol–water partition coefficient (Wildman–Crippen LogP) is 1.19. The maximum Gasteiger partial charge on any atom is 0.229 e. The number of carbonyl (C=O) groups is 3. The highest BCUT2D eigenvalue weighted by Crippen LogP contribution is 2.41. The number of imide groups is 1. The van der Waals surface area contributed by atoms with Gasteiger partial charge in [-0.15, -0.1) is 0 Å². The molecule has 20 heavy (non-hydrogen) atoms. The van der Waals surface area contributed by atoms with E-state index in [0.29, 0.717) is 19.3 Å². The van der Waals surface area contributed by atoms with Crippen molar-refractivity contribution in [1.29, 1.82) is 0 Å². The fourth-order valence-corrected chi connectivity index (χ4v) is 3.42. The Morgan fingerprint density at radius 1 is 1.35 bits per heavy atom. The van der Waals surface area contributed by atoms with Crippen molar-refractivity contribution in [3.8, 4) is 0 Å². The second-order valence-electron chi connectivity index (χ2n) is 6.47. The summed E-state index contributed by atoms with van der Waals surface area (Å²) in [5.74, 6) is -0.868. The van der Waals surface area contributed by atoms with E-state index in [2.05, 4.69) is 5.32 Å². The Bertz CT molecular complexity index is 434. The molecule has 4 unspecified atom stereocenters. The van der Waals surface area contributed by atoms with Crippen molar-refractivity contribution in [2.45, 2.75) is 58.5 Å². The van der Waals surface area contributed by atoms with E-state index in [-0.39, 0.29) is 35.9 Å². The molecule has 2 rings (SSSR count). The van der Waals surface area contributed by atoms with Crippen LogP contribution < -0.4 is 5.32 Å². The Morgan fingerprint density at radius 2 is 2.05 bits per heavy atom. The standard InChI is InChI=1S/C15H23NO4/c1-9-4-3-7-15(2,13(9)19)11(17)8-10-5-6-12(18)16-14(10)20/h9-11,17H,3-8H2,1-2H3,(H,16,18,20). The van der Waals surface area contributed by atoms with Gasteiger partial charge < -0.3 is 5.11 Å². The first-order valence-electron chi connectivity index (χ1n) is 7.40. The summed E-state index contributed by atoms with van der Waals surface area (Å²) in [5.41, 5.74) is -0.751. The Balaban J connectivity index is 2.03. The van der Waals surface area contributed by atoms with Crippen molar-refractivity contribution in [3.05, 3.63) is 0 Å². The van der Waals surface area contributed by atoms with E-state index < -0.39 is 11.5 Å². The fraction of sp³-hybridized carbons (Fsp3) is 0.800. The van der Waals surface area contributed by atoms with Crippen LogP contribution in [0.4, 0.5) is 0 Å². The Hall–Kier alpha value is -1.23. The molecule has 112 valence electrons. The SMILES string of the molecule is CC1CCCC(C)(C(O)CC2CCC(=O)NC2=O)C1=O. The zero-order valence-electron chi connectivity index (χ0n) is 12.1. The minimum Gasteiger partial charge on any atom is -0.392 e. The Morgan fingerprint density at radius 3 is 2.70 bits per heavy atom. The topological polar surface area (TPSA) is 83.5 Å². The van der Waals surface area contributed by atoms with Crippen LogP contribution in [0.25, 0.3) is 0 Å². The summed E-state index contributed by atoms with van der Waals surface area (Å²) in [6.07, 6.45) is 2.68. The van der Waals surface area contributed by atoms with Gasteiger partial charge in [-0.25, -0.2) is 0 Å². The van der Waals surface area contributed by atoms with Crippen molar-refractivity contribution >= 4 is 17.6 Å². The van der Waals surface area contributed by atoms with Gasteiger partial charge in [-0.05, 0) is 25.7 Å². The van der Waals surface area contributed by atoms with Gasteiger partial charge in [-0.3, -0.25) is 19.7 Å². The third kappa shape index (κ3) is 2.77. The molecule has 0 aromatic rings. The van der Waals surface area contributed by atoms with Gasteiger partial charge in [-0.2, -0.15) is 0 Å². The number of ketones is 1. The quantitative estimate of drug-likeness (QED) is 0.761. The van der Waals surface area contributed by atoms with Crippen LogP contribution >= 0.6 is 0 Å². The largest absolute Gasteiger partial charge is 0.392 e. The van der Waals surface area contributed by atoms with Crippen LogP contribution in [0.3, 0.4) is 0 Å². The second-order valence-corrected chi connectivity index (χ2v) is 6.47. The highest BCUT2D eigenvalue weighted by Gasteiger charge is 2.45. The molecule has 2 fully saturated rings. The number of hydrogen-bond donors (Lipinski definition) is 2. The Kier molecular flexibility index (Phi) is 4.28. The monoisotopic (exact) mass is 281 g/mol. The zero-order chi connectivity index (χ0) is 14.9. The molecule has 2 amide bonds. The lowest BCUT2D eigenvalue weighted by Gasteiger charge is -2.40. The smallest absolute Gasteiger partial charge is 0.229 e. The van der Waals surface area contributed by atoms with Crippen LogP contribution in [-0.2, 0) is 14.4 Å². The highest BCUT2D eigenvalue weighted by molar-refractivity contribution is 5.98. The number of carbonyl (C=O) groups excluding carboxylic acids is 3. The summed E-state index contributed by atoms with van der Waals surface area (Å²) in [6.45, 7) is 3.71. The molecule has 1 aliphatic carbocycles. The van der Waals surface area contributed by atoms with E-state index >= 15 is 0 Å². The molecule has 4 atom stereocenters. The lowest BCUT2D eigenvalue weighted by atomic mass is 9.65. The first kappa shape index (κ1) is 15.2. The number of piperidine rings is 1. The summed E-state index contributed by atoms with van der Waals surface area (Å²) in [7, 11) is 0. The predicted molar refractivity (Wildman–Crippen MR) is 72.6 cm³/mol. The summed E-state index contributed by atoms with van der Waals surface area (Å²) in [4.78, 5) is 35.2. The van der Waals surface area contributed by atoms with Crippen LogP contribution in [0.5, 0.6) is 0 Å².